The van der Waals surface area contributed by atoms with E-state index in [9.17, 15) is 10.2 Å². The summed E-state index contributed by atoms with van der Waals surface area (Å²) in [6.07, 6.45) is 3.29. The molecule has 8 heteroatoms. The van der Waals surface area contributed by atoms with Gasteiger partial charge in [-0.25, -0.2) is 15.0 Å². The van der Waals surface area contributed by atoms with E-state index in [-0.39, 0.29) is 17.4 Å². The van der Waals surface area contributed by atoms with Crippen molar-refractivity contribution in [3.63, 3.8) is 0 Å². The summed E-state index contributed by atoms with van der Waals surface area (Å²) in [5.74, 6) is 2.07. The van der Waals surface area contributed by atoms with Gasteiger partial charge in [-0.15, -0.1) is 0 Å². The fraction of sp³-hybridized carbons (Fsp3) is 0.435. The molecule has 2 saturated carbocycles. The summed E-state index contributed by atoms with van der Waals surface area (Å²) in [5, 5.41) is 23.0. The molecule has 3 heterocycles. The van der Waals surface area contributed by atoms with E-state index in [0.717, 1.165) is 54.5 Å². The minimum Gasteiger partial charge on any atom is -0.390 e. The number of aliphatic hydroxyl groups excluding tert-OH is 2. The first-order chi connectivity index (χ1) is 15.0. The third kappa shape index (κ3) is 2.71. The van der Waals surface area contributed by atoms with Crippen molar-refractivity contribution in [1.29, 1.82) is 0 Å². The Morgan fingerprint density at radius 1 is 1.13 bits per heavy atom. The van der Waals surface area contributed by atoms with Crippen LogP contribution in [-0.4, -0.2) is 50.0 Å². The van der Waals surface area contributed by atoms with Crippen LogP contribution in [0.1, 0.15) is 24.0 Å². The fourth-order valence-corrected chi connectivity index (χ4v) is 6.00. The van der Waals surface area contributed by atoms with E-state index in [0.29, 0.717) is 11.6 Å². The first-order valence-electron chi connectivity index (χ1n) is 10.9. The Balaban J connectivity index is 1.23. The molecule has 0 unspecified atom stereocenters. The van der Waals surface area contributed by atoms with Gasteiger partial charge in [-0.3, -0.25) is 0 Å². The Labute approximate surface area is 179 Å². The average Bonchev–Trinajstić information content (AvgIpc) is 3.25. The average molecular weight is 419 g/mol. The number of aryl methyl sites for hydroxylation is 1. The maximum absolute atomic E-state index is 11.0. The number of rotatable bonds is 4. The molecule has 0 bridgehead atoms. The lowest BCUT2D eigenvalue weighted by Gasteiger charge is -2.31. The summed E-state index contributed by atoms with van der Waals surface area (Å²) in [7, 11) is 0. The summed E-state index contributed by atoms with van der Waals surface area (Å²) in [5.41, 5.74) is 14.6. The van der Waals surface area contributed by atoms with Gasteiger partial charge in [0.2, 0.25) is 0 Å². The van der Waals surface area contributed by atoms with Gasteiger partial charge in [-0.2, -0.15) is 0 Å². The molecule has 2 fully saturated rings. The molecular formula is C23H26N6O2. The molecule has 0 radical (unpaired) electrons. The van der Waals surface area contributed by atoms with Crippen LogP contribution in [0.3, 0.4) is 0 Å². The van der Waals surface area contributed by atoms with E-state index >= 15 is 0 Å². The molecule has 5 atom stereocenters. The third-order valence-electron chi connectivity index (χ3n) is 7.70. The third-order valence-corrected chi connectivity index (χ3v) is 7.70. The molecule has 3 aromatic rings. The van der Waals surface area contributed by atoms with E-state index in [2.05, 4.69) is 38.1 Å². The molecule has 2 aromatic heterocycles. The highest BCUT2D eigenvalue weighted by molar-refractivity contribution is 5.80. The number of anilines is 3. The number of hydrogen-bond acceptors (Lipinski definition) is 8. The van der Waals surface area contributed by atoms with Crippen molar-refractivity contribution in [1.82, 2.24) is 15.0 Å². The van der Waals surface area contributed by atoms with E-state index in [4.69, 9.17) is 11.5 Å². The molecule has 0 amide bonds. The quantitative estimate of drug-likeness (QED) is 0.498. The van der Waals surface area contributed by atoms with Gasteiger partial charge in [-0.1, -0.05) is 12.1 Å². The number of nitrogens with two attached hydrogens (primary N) is 2. The smallest absolute Gasteiger partial charge is 0.137 e. The Hall–Kier alpha value is -2.97. The summed E-state index contributed by atoms with van der Waals surface area (Å²) in [4.78, 5) is 15.1. The normalized spacial score (nSPS) is 31.1. The van der Waals surface area contributed by atoms with Gasteiger partial charge in [0, 0.05) is 22.9 Å². The lowest BCUT2D eigenvalue weighted by molar-refractivity contribution is -0.0107. The van der Waals surface area contributed by atoms with Crippen LogP contribution in [0.5, 0.6) is 0 Å². The molecular weight excluding hydrogens is 392 g/mol. The fourth-order valence-electron chi connectivity index (χ4n) is 6.00. The second-order valence-corrected chi connectivity index (χ2v) is 9.24. The van der Waals surface area contributed by atoms with Crippen molar-refractivity contribution >= 4 is 28.4 Å². The zero-order valence-electron chi connectivity index (χ0n) is 17.1. The van der Waals surface area contributed by atoms with Crippen LogP contribution in [0.4, 0.5) is 17.5 Å². The minimum atomic E-state index is -0.793. The summed E-state index contributed by atoms with van der Waals surface area (Å²) in [6, 6.07) is 9.89. The number of nitrogen functional groups attached to an aromatic ring is 2. The highest BCUT2D eigenvalue weighted by Crippen LogP contribution is 2.67. The van der Waals surface area contributed by atoms with Gasteiger partial charge >= 0.3 is 0 Å². The highest BCUT2D eigenvalue weighted by Gasteiger charge is 2.71. The Kier molecular flexibility index (Phi) is 3.94. The molecule has 1 aliphatic heterocycles. The van der Waals surface area contributed by atoms with Crippen molar-refractivity contribution in [2.45, 2.75) is 43.9 Å². The highest BCUT2D eigenvalue weighted by atomic mass is 16.3. The van der Waals surface area contributed by atoms with Crippen LogP contribution in [0.2, 0.25) is 0 Å². The number of benzene rings is 1. The Bertz CT molecular complexity index is 1190. The van der Waals surface area contributed by atoms with Crippen LogP contribution in [0, 0.1) is 11.3 Å². The predicted molar refractivity (Wildman–Crippen MR) is 118 cm³/mol. The number of pyridine rings is 1. The lowest BCUT2D eigenvalue weighted by atomic mass is 9.91. The van der Waals surface area contributed by atoms with Crippen molar-refractivity contribution in [2.75, 3.05) is 22.9 Å². The van der Waals surface area contributed by atoms with Gasteiger partial charge < -0.3 is 26.6 Å². The molecule has 0 spiro atoms. The van der Waals surface area contributed by atoms with Crippen LogP contribution >= 0.6 is 0 Å². The molecule has 8 nitrogen and oxygen atoms in total. The summed E-state index contributed by atoms with van der Waals surface area (Å²) < 4.78 is 0. The monoisotopic (exact) mass is 418 g/mol. The number of fused-ring (bicyclic) bond motifs is 3. The second kappa shape index (κ2) is 6.51. The molecule has 6 N–H and O–H groups in total. The Morgan fingerprint density at radius 3 is 2.84 bits per heavy atom. The minimum absolute atomic E-state index is 0.136. The van der Waals surface area contributed by atoms with Crippen LogP contribution in [0.15, 0.2) is 36.7 Å². The van der Waals surface area contributed by atoms with Gasteiger partial charge in [0.1, 0.15) is 29.9 Å². The van der Waals surface area contributed by atoms with Crippen molar-refractivity contribution in [3.05, 3.63) is 47.8 Å². The molecule has 6 rings (SSSR count). The molecule has 3 aliphatic rings. The van der Waals surface area contributed by atoms with E-state index in [1.165, 1.54) is 11.9 Å². The van der Waals surface area contributed by atoms with Gasteiger partial charge in [-0.05, 0) is 55.4 Å². The lowest BCUT2D eigenvalue weighted by Crippen LogP contribution is -2.46. The van der Waals surface area contributed by atoms with Crippen molar-refractivity contribution < 1.29 is 10.2 Å². The number of aliphatic hydroxyl groups is 2. The Morgan fingerprint density at radius 2 is 1.97 bits per heavy atom. The second-order valence-electron chi connectivity index (χ2n) is 9.24. The molecule has 2 aliphatic carbocycles. The van der Waals surface area contributed by atoms with Gasteiger partial charge in [0.15, 0.2) is 0 Å². The number of hydrogen-bond donors (Lipinski definition) is 4. The van der Waals surface area contributed by atoms with Gasteiger partial charge in [0.05, 0.1) is 17.7 Å². The van der Waals surface area contributed by atoms with Gasteiger partial charge in [0.25, 0.3) is 0 Å². The van der Waals surface area contributed by atoms with Crippen molar-refractivity contribution in [2.24, 2.45) is 11.3 Å². The number of aromatic nitrogens is 3. The zero-order chi connectivity index (χ0) is 21.3. The first kappa shape index (κ1) is 18.8. The van der Waals surface area contributed by atoms with Crippen LogP contribution < -0.4 is 16.4 Å². The SMILES string of the molecule is Nc1ccc2ccc(CC[C@@]34C[C@@H]3[C@@H](N3CCc5c(N)ncnc53)[C@H](O)[C@@H]4O)cc2n1. The molecule has 31 heavy (non-hydrogen) atoms. The van der Waals surface area contributed by atoms with E-state index < -0.39 is 12.2 Å². The van der Waals surface area contributed by atoms with Crippen molar-refractivity contribution in [3.8, 4) is 0 Å². The standard InChI is InChI=1S/C23H26N6O2/c24-17-4-3-13-2-1-12(9-16(13)28-17)5-7-23-10-15(23)18(19(30)20(23)31)29-8-6-14-21(25)26-11-27-22(14)29/h1-4,9,11,15,18-20,30-31H,5-8,10H2,(H2,24,28)(H2,25,26,27)/t15-,18-,19+,20+,23-/m1/s1. The zero-order valence-corrected chi connectivity index (χ0v) is 17.1. The summed E-state index contributed by atoms with van der Waals surface area (Å²) >= 11 is 0. The first-order valence-corrected chi connectivity index (χ1v) is 10.9. The van der Waals surface area contributed by atoms with Crippen LogP contribution in [0.25, 0.3) is 10.9 Å². The maximum atomic E-state index is 11.0. The number of nitrogens with zero attached hydrogens (tertiary/aromatic N) is 4. The van der Waals surface area contributed by atoms with Crippen LogP contribution in [-0.2, 0) is 12.8 Å². The molecule has 0 saturated heterocycles. The topological polar surface area (TPSA) is 134 Å². The summed E-state index contributed by atoms with van der Waals surface area (Å²) in [6.45, 7) is 0.747. The molecule has 1 aromatic carbocycles. The molecule has 160 valence electrons. The van der Waals surface area contributed by atoms with E-state index in [1.54, 1.807) is 6.07 Å². The predicted octanol–water partition coefficient (Wildman–Crippen LogP) is 1.29. The maximum Gasteiger partial charge on any atom is 0.137 e. The largest absolute Gasteiger partial charge is 0.390 e. The van der Waals surface area contributed by atoms with E-state index in [1.807, 2.05) is 6.07 Å².